The first-order valence-electron chi connectivity index (χ1n) is 11.9. The molecule has 4 aromatic rings. The molecule has 0 amide bonds. The lowest BCUT2D eigenvalue weighted by Crippen LogP contribution is -2.31. The van der Waals surface area contributed by atoms with Gasteiger partial charge >= 0.3 is 0 Å². The van der Waals surface area contributed by atoms with Gasteiger partial charge in [-0.05, 0) is 75.5 Å². The zero-order valence-electron chi connectivity index (χ0n) is 20.1. The van der Waals surface area contributed by atoms with Crippen LogP contribution in [0.5, 0.6) is 0 Å². The first-order valence-corrected chi connectivity index (χ1v) is 11.9. The van der Waals surface area contributed by atoms with Gasteiger partial charge in [0.2, 0.25) is 0 Å². The van der Waals surface area contributed by atoms with Gasteiger partial charge in [-0.15, -0.1) is 0 Å². The van der Waals surface area contributed by atoms with Crippen LogP contribution in [0.25, 0.3) is 33.5 Å². The minimum absolute atomic E-state index is 0.650. The van der Waals surface area contributed by atoms with Crippen molar-refractivity contribution >= 4 is 17.3 Å². The van der Waals surface area contributed by atoms with Crippen molar-refractivity contribution in [3.8, 4) is 22.5 Å². The third-order valence-corrected chi connectivity index (χ3v) is 6.58. The number of fused-ring (bicyclic) bond motifs is 1. The van der Waals surface area contributed by atoms with Crippen molar-refractivity contribution in [1.29, 1.82) is 0 Å². The smallest absolute Gasteiger partial charge is 0.150 e. The van der Waals surface area contributed by atoms with Crippen molar-refractivity contribution < 1.29 is 4.79 Å². The lowest BCUT2D eigenvalue weighted by Gasteiger charge is -2.23. The van der Waals surface area contributed by atoms with Crippen molar-refractivity contribution in [3.05, 3.63) is 77.4 Å². The van der Waals surface area contributed by atoms with Gasteiger partial charge in [0, 0.05) is 23.7 Å². The van der Waals surface area contributed by atoms with E-state index < -0.39 is 0 Å². The average molecular weight is 440 g/mol. The molecule has 1 aromatic heterocycles. The van der Waals surface area contributed by atoms with Gasteiger partial charge in [-0.1, -0.05) is 54.4 Å². The van der Waals surface area contributed by atoms with Crippen LogP contribution in [0.1, 0.15) is 47.7 Å². The fourth-order valence-electron chi connectivity index (χ4n) is 4.47. The van der Waals surface area contributed by atoms with E-state index in [1.54, 1.807) is 0 Å². The summed E-state index contributed by atoms with van der Waals surface area (Å²) in [5, 5.41) is 3.20. The largest absolute Gasteiger partial charge is 0.324 e. The number of nitrogens with zero attached hydrogens (tertiary/aromatic N) is 2. The fourth-order valence-corrected chi connectivity index (χ4v) is 4.47. The standard InChI is InChI=1S/C24H22N2O.C5H11N/c1-4-26-23-12-10-18(15-27)14-22(23)25-24(26)21-8-6-5-7-20(21)19-11-9-16(2)13-17(19)3;1-6-5-3-2-4-5/h5-15H,4H2,1-3H3;5-6H,2-4H2,1H3. The summed E-state index contributed by atoms with van der Waals surface area (Å²) in [7, 11) is 2.03. The number of aryl methyl sites for hydroxylation is 3. The molecule has 0 spiro atoms. The average Bonchev–Trinajstić information content (AvgIpc) is 3.16. The SMILES string of the molecule is CCn1c(-c2ccccc2-c2ccc(C)cc2C)nc2cc(C=O)ccc21.CNC1CCC1. The highest BCUT2D eigenvalue weighted by molar-refractivity contribution is 5.90. The Labute approximate surface area is 196 Å². The third kappa shape index (κ3) is 4.76. The van der Waals surface area contributed by atoms with Gasteiger partial charge in [-0.25, -0.2) is 4.98 Å². The summed E-state index contributed by atoms with van der Waals surface area (Å²) >= 11 is 0. The van der Waals surface area contributed by atoms with Crippen molar-refractivity contribution in [2.45, 2.75) is 52.6 Å². The Morgan fingerprint density at radius 2 is 1.76 bits per heavy atom. The van der Waals surface area contributed by atoms with E-state index in [9.17, 15) is 4.79 Å². The van der Waals surface area contributed by atoms with Gasteiger partial charge < -0.3 is 9.88 Å². The summed E-state index contributed by atoms with van der Waals surface area (Å²) in [5.74, 6) is 0.936. The molecule has 1 N–H and O–H groups in total. The second-order valence-corrected chi connectivity index (χ2v) is 8.83. The summed E-state index contributed by atoms with van der Waals surface area (Å²) < 4.78 is 2.21. The molecule has 0 unspecified atom stereocenters. The number of nitrogens with one attached hydrogen (secondary N) is 1. The zero-order chi connectivity index (χ0) is 23.4. The highest BCUT2D eigenvalue weighted by Gasteiger charge is 2.17. The quantitative estimate of drug-likeness (QED) is 0.357. The van der Waals surface area contributed by atoms with Gasteiger partial charge in [0.1, 0.15) is 12.1 Å². The third-order valence-electron chi connectivity index (χ3n) is 6.58. The summed E-state index contributed by atoms with van der Waals surface area (Å²) in [6.45, 7) is 7.20. The second-order valence-electron chi connectivity index (χ2n) is 8.83. The topological polar surface area (TPSA) is 46.9 Å². The number of rotatable bonds is 5. The van der Waals surface area contributed by atoms with Gasteiger partial charge in [-0.2, -0.15) is 0 Å². The molecule has 0 saturated heterocycles. The summed E-state index contributed by atoms with van der Waals surface area (Å²) in [5.41, 5.74) is 8.57. The van der Waals surface area contributed by atoms with Crippen LogP contribution in [0.15, 0.2) is 60.7 Å². The minimum atomic E-state index is 0.650. The molecule has 0 aliphatic heterocycles. The Bertz CT molecular complexity index is 1260. The molecule has 4 heteroatoms. The normalized spacial score (nSPS) is 13.3. The number of hydrogen-bond acceptors (Lipinski definition) is 3. The van der Waals surface area contributed by atoms with Crippen LogP contribution in [0, 0.1) is 13.8 Å². The van der Waals surface area contributed by atoms with Crippen molar-refractivity contribution in [2.75, 3.05) is 7.05 Å². The molecule has 1 aliphatic carbocycles. The maximum Gasteiger partial charge on any atom is 0.150 e. The van der Waals surface area contributed by atoms with Gasteiger partial charge in [0.25, 0.3) is 0 Å². The molecule has 1 heterocycles. The first-order chi connectivity index (χ1) is 16.0. The molecule has 0 atom stereocenters. The maximum absolute atomic E-state index is 11.2. The molecule has 1 aliphatic rings. The molecule has 5 rings (SSSR count). The number of carbonyl (C=O) groups is 1. The molecule has 4 nitrogen and oxygen atoms in total. The van der Waals surface area contributed by atoms with Crippen molar-refractivity contribution in [2.24, 2.45) is 0 Å². The summed E-state index contributed by atoms with van der Waals surface area (Å²) in [4.78, 5) is 16.1. The maximum atomic E-state index is 11.2. The van der Waals surface area contributed by atoms with E-state index >= 15 is 0 Å². The molecule has 0 radical (unpaired) electrons. The Morgan fingerprint density at radius 3 is 2.33 bits per heavy atom. The van der Waals surface area contributed by atoms with Crippen LogP contribution in [0.3, 0.4) is 0 Å². The first kappa shape index (κ1) is 22.9. The Kier molecular flexibility index (Phi) is 7.05. The molecule has 0 bridgehead atoms. The van der Waals surface area contributed by atoms with E-state index in [1.807, 2.05) is 25.2 Å². The van der Waals surface area contributed by atoms with E-state index in [0.29, 0.717) is 5.56 Å². The molecular formula is C29H33N3O. The zero-order valence-corrected chi connectivity index (χ0v) is 20.1. The lowest BCUT2D eigenvalue weighted by molar-refractivity contribution is 0.112. The van der Waals surface area contributed by atoms with Crippen LogP contribution in [0.2, 0.25) is 0 Å². The Hall–Kier alpha value is -3.24. The van der Waals surface area contributed by atoms with E-state index in [1.165, 1.54) is 41.5 Å². The number of carbonyl (C=O) groups excluding carboxylic acids is 1. The molecule has 33 heavy (non-hydrogen) atoms. The number of aldehydes is 1. The van der Waals surface area contributed by atoms with Crippen molar-refractivity contribution in [3.63, 3.8) is 0 Å². The minimum Gasteiger partial charge on any atom is -0.324 e. The van der Waals surface area contributed by atoms with Crippen LogP contribution >= 0.6 is 0 Å². The van der Waals surface area contributed by atoms with Gasteiger partial charge in [-0.3, -0.25) is 4.79 Å². The number of benzene rings is 3. The highest BCUT2D eigenvalue weighted by atomic mass is 16.1. The predicted molar refractivity (Wildman–Crippen MR) is 138 cm³/mol. The Balaban J connectivity index is 0.000000376. The van der Waals surface area contributed by atoms with Crippen LogP contribution in [0.4, 0.5) is 0 Å². The van der Waals surface area contributed by atoms with Crippen LogP contribution in [-0.4, -0.2) is 28.9 Å². The number of hydrogen-bond donors (Lipinski definition) is 1. The fraction of sp³-hybridized carbons (Fsp3) is 0.310. The summed E-state index contributed by atoms with van der Waals surface area (Å²) in [6.07, 6.45) is 5.10. The molecule has 1 fully saturated rings. The number of aromatic nitrogens is 2. The number of imidazole rings is 1. The lowest BCUT2D eigenvalue weighted by atomic mass is 9.94. The van der Waals surface area contributed by atoms with Crippen LogP contribution < -0.4 is 5.32 Å². The van der Waals surface area contributed by atoms with E-state index in [-0.39, 0.29) is 0 Å². The van der Waals surface area contributed by atoms with E-state index in [2.05, 4.69) is 73.1 Å². The monoisotopic (exact) mass is 439 g/mol. The molecule has 3 aromatic carbocycles. The van der Waals surface area contributed by atoms with Crippen LogP contribution in [-0.2, 0) is 6.54 Å². The van der Waals surface area contributed by atoms with Gasteiger partial charge in [0.05, 0.1) is 11.0 Å². The highest BCUT2D eigenvalue weighted by Crippen LogP contribution is 2.35. The van der Waals surface area contributed by atoms with Crippen molar-refractivity contribution in [1.82, 2.24) is 14.9 Å². The second kappa shape index (κ2) is 10.1. The Morgan fingerprint density at radius 1 is 1.00 bits per heavy atom. The predicted octanol–water partition coefficient (Wildman–Crippen LogP) is 6.58. The summed E-state index contributed by atoms with van der Waals surface area (Å²) in [6, 6.07) is 21.5. The molecule has 170 valence electrons. The molecule has 1 saturated carbocycles. The van der Waals surface area contributed by atoms with Gasteiger partial charge in [0.15, 0.2) is 0 Å². The van der Waals surface area contributed by atoms with E-state index in [4.69, 9.17) is 4.98 Å². The van der Waals surface area contributed by atoms with E-state index in [0.717, 1.165) is 41.3 Å². The molecular weight excluding hydrogens is 406 g/mol.